The Labute approximate surface area is 119 Å². The Morgan fingerprint density at radius 2 is 2.00 bits per heavy atom. The van der Waals surface area contributed by atoms with Crippen molar-refractivity contribution in [2.45, 2.75) is 32.7 Å². The number of nitrogens with zero attached hydrogens (tertiary/aromatic N) is 1. The maximum Gasteiger partial charge on any atom is 0.311 e. The Hall–Kier alpha value is -1.63. The molecule has 0 aliphatic carbocycles. The first-order chi connectivity index (χ1) is 9.56. The second kappa shape index (κ2) is 8.52. The second-order valence-corrected chi connectivity index (χ2v) is 4.88. The van der Waals surface area contributed by atoms with Crippen LogP contribution in [0.5, 0.6) is 0 Å². The Morgan fingerprint density at radius 3 is 2.70 bits per heavy atom. The first-order valence-corrected chi connectivity index (χ1v) is 7.14. The van der Waals surface area contributed by atoms with E-state index in [4.69, 9.17) is 0 Å². The third-order valence-corrected chi connectivity index (χ3v) is 3.11. The maximum atomic E-state index is 12.0. The molecule has 7 heteroatoms. The number of hydrogen-bond acceptors (Lipinski definition) is 4. The molecule has 7 nitrogen and oxygen atoms in total. The zero-order valence-electron chi connectivity index (χ0n) is 12.2. The van der Waals surface area contributed by atoms with Gasteiger partial charge in [0.1, 0.15) is 6.04 Å². The normalized spacial score (nSPS) is 17.0. The summed E-state index contributed by atoms with van der Waals surface area (Å²) in [5.41, 5.74) is 0. The molecule has 0 aromatic carbocycles. The van der Waals surface area contributed by atoms with Crippen LogP contribution in [0.25, 0.3) is 0 Å². The van der Waals surface area contributed by atoms with Gasteiger partial charge in [-0.1, -0.05) is 6.92 Å². The first-order valence-electron chi connectivity index (χ1n) is 7.14. The molecule has 0 aromatic rings. The van der Waals surface area contributed by atoms with Crippen molar-refractivity contribution < 1.29 is 14.4 Å². The molecule has 1 saturated heterocycles. The summed E-state index contributed by atoms with van der Waals surface area (Å²) in [6.07, 6.45) is 1.65. The Bertz CT molecular complexity index is 352. The highest BCUT2D eigenvalue weighted by Gasteiger charge is 2.25. The minimum absolute atomic E-state index is 0.273. The van der Waals surface area contributed by atoms with Gasteiger partial charge in [0.15, 0.2) is 0 Å². The summed E-state index contributed by atoms with van der Waals surface area (Å²) in [4.78, 5) is 37.0. The van der Waals surface area contributed by atoms with Gasteiger partial charge >= 0.3 is 11.8 Å². The summed E-state index contributed by atoms with van der Waals surface area (Å²) < 4.78 is 0. The fourth-order valence-electron chi connectivity index (χ4n) is 1.92. The van der Waals surface area contributed by atoms with Gasteiger partial charge in [-0.3, -0.25) is 14.4 Å². The smallest absolute Gasteiger partial charge is 0.311 e. The lowest BCUT2D eigenvalue weighted by Gasteiger charge is -2.20. The highest BCUT2D eigenvalue weighted by molar-refractivity contribution is 6.35. The largest absolute Gasteiger partial charge is 0.354 e. The van der Waals surface area contributed by atoms with Crippen molar-refractivity contribution >= 4 is 17.7 Å². The number of carbonyl (C=O) groups excluding carboxylic acids is 3. The van der Waals surface area contributed by atoms with Gasteiger partial charge in [0.25, 0.3) is 0 Å². The first kappa shape index (κ1) is 16.4. The predicted molar refractivity (Wildman–Crippen MR) is 75.0 cm³/mol. The van der Waals surface area contributed by atoms with Crippen LogP contribution < -0.4 is 16.0 Å². The second-order valence-electron chi connectivity index (χ2n) is 4.88. The van der Waals surface area contributed by atoms with E-state index in [9.17, 15) is 14.4 Å². The quantitative estimate of drug-likeness (QED) is 0.568. The van der Waals surface area contributed by atoms with Crippen LogP contribution >= 0.6 is 0 Å². The predicted octanol–water partition coefficient (Wildman–Crippen LogP) is -1.16. The van der Waals surface area contributed by atoms with Crippen LogP contribution in [0.15, 0.2) is 0 Å². The van der Waals surface area contributed by atoms with Crippen LogP contribution in [0.2, 0.25) is 0 Å². The lowest BCUT2D eigenvalue weighted by molar-refractivity contribution is -0.146. The maximum absolute atomic E-state index is 12.0. The molecule has 114 valence electrons. The van der Waals surface area contributed by atoms with Gasteiger partial charge in [-0.2, -0.15) is 0 Å². The molecular formula is C13H24N4O3. The third kappa shape index (κ3) is 5.16. The molecule has 0 radical (unpaired) electrons. The molecule has 1 unspecified atom stereocenters. The topological polar surface area (TPSA) is 90.5 Å². The van der Waals surface area contributed by atoms with E-state index in [1.54, 1.807) is 6.92 Å². The molecule has 1 fully saturated rings. The minimum Gasteiger partial charge on any atom is -0.354 e. The van der Waals surface area contributed by atoms with Gasteiger partial charge < -0.3 is 20.9 Å². The SMILES string of the molecule is CCCNC(=O)C(C)NC(=O)C(=O)N1CCCNCC1. The average Bonchev–Trinajstić information content (AvgIpc) is 2.72. The molecule has 1 heterocycles. The molecule has 1 aliphatic rings. The van der Waals surface area contributed by atoms with E-state index in [2.05, 4.69) is 16.0 Å². The highest BCUT2D eigenvalue weighted by Crippen LogP contribution is 1.97. The van der Waals surface area contributed by atoms with Gasteiger partial charge in [0.2, 0.25) is 5.91 Å². The van der Waals surface area contributed by atoms with Crippen LogP contribution in [0.4, 0.5) is 0 Å². The standard InChI is InChI=1S/C13H24N4O3/c1-3-5-15-11(18)10(2)16-12(19)13(20)17-8-4-6-14-7-9-17/h10,14H,3-9H2,1-2H3,(H,15,18)(H,16,19). The van der Waals surface area contributed by atoms with Crippen molar-refractivity contribution in [3.8, 4) is 0 Å². The number of amides is 3. The molecule has 1 atom stereocenters. The summed E-state index contributed by atoms with van der Waals surface area (Å²) in [6, 6.07) is -0.705. The molecule has 1 aliphatic heterocycles. The third-order valence-electron chi connectivity index (χ3n) is 3.11. The van der Waals surface area contributed by atoms with Crippen LogP contribution in [0.1, 0.15) is 26.7 Å². The van der Waals surface area contributed by atoms with Crippen molar-refractivity contribution in [1.82, 2.24) is 20.9 Å². The molecule has 0 aromatic heterocycles. The van der Waals surface area contributed by atoms with Crippen molar-refractivity contribution in [2.24, 2.45) is 0 Å². The van der Waals surface area contributed by atoms with Gasteiger partial charge in [-0.15, -0.1) is 0 Å². The van der Waals surface area contributed by atoms with E-state index < -0.39 is 17.9 Å². The van der Waals surface area contributed by atoms with Gasteiger partial charge in [-0.25, -0.2) is 0 Å². The van der Waals surface area contributed by atoms with Gasteiger partial charge in [0.05, 0.1) is 0 Å². The summed E-state index contributed by atoms with van der Waals surface area (Å²) in [7, 11) is 0. The van der Waals surface area contributed by atoms with Crippen LogP contribution in [-0.4, -0.2) is 61.4 Å². The van der Waals surface area contributed by atoms with Crippen LogP contribution in [-0.2, 0) is 14.4 Å². The monoisotopic (exact) mass is 284 g/mol. The van der Waals surface area contributed by atoms with Crippen molar-refractivity contribution in [3.63, 3.8) is 0 Å². The molecular weight excluding hydrogens is 260 g/mol. The summed E-state index contributed by atoms with van der Waals surface area (Å²) in [5, 5.41) is 8.28. The van der Waals surface area contributed by atoms with E-state index in [0.29, 0.717) is 26.2 Å². The van der Waals surface area contributed by atoms with E-state index in [1.807, 2.05) is 6.92 Å². The molecule has 0 spiro atoms. The van der Waals surface area contributed by atoms with Crippen molar-refractivity contribution in [2.75, 3.05) is 32.7 Å². The van der Waals surface area contributed by atoms with E-state index in [0.717, 1.165) is 19.4 Å². The molecule has 20 heavy (non-hydrogen) atoms. The summed E-state index contributed by atoms with van der Waals surface area (Å²) >= 11 is 0. The zero-order chi connectivity index (χ0) is 15.0. The number of nitrogens with one attached hydrogen (secondary N) is 3. The molecule has 0 saturated carbocycles. The Kier molecular flexibility index (Phi) is 7.00. The average molecular weight is 284 g/mol. The van der Waals surface area contributed by atoms with Crippen LogP contribution in [0.3, 0.4) is 0 Å². The van der Waals surface area contributed by atoms with Gasteiger partial charge in [-0.05, 0) is 26.3 Å². The fourth-order valence-corrected chi connectivity index (χ4v) is 1.92. The lowest BCUT2D eigenvalue weighted by Crippen LogP contribution is -2.51. The van der Waals surface area contributed by atoms with E-state index in [1.165, 1.54) is 4.90 Å². The minimum atomic E-state index is -0.717. The molecule has 1 rings (SSSR count). The Morgan fingerprint density at radius 1 is 1.25 bits per heavy atom. The fraction of sp³-hybridized carbons (Fsp3) is 0.769. The number of carbonyl (C=O) groups is 3. The summed E-state index contributed by atoms with van der Waals surface area (Å²) in [6.45, 7) is 6.69. The molecule has 3 N–H and O–H groups in total. The lowest BCUT2D eigenvalue weighted by atomic mass is 10.3. The highest BCUT2D eigenvalue weighted by atomic mass is 16.2. The van der Waals surface area contributed by atoms with Gasteiger partial charge in [0, 0.05) is 26.2 Å². The Balaban J connectivity index is 2.43. The zero-order valence-corrected chi connectivity index (χ0v) is 12.2. The van der Waals surface area contributed by atoms with Crippen molar-refractivity contribution in [3.05, 3.63) is 0 Å². The summed E-state index contributed by atoms with van der Waals surface area (Å²) in [5.74, 6) is -1.56. The van der Waals surface area contributed by atoms with E-state index in [-0.39, 0.29) is 5.91 Å². The molecule has 0 bridgehead atoms. The van der Waals surface area contributed by atoms with E-state index >= 15 is 0 Å². The number of hydrogen-bond donors (Lipinski definition) is 3. The molecule has 3 amide bonds. The van der Waals surface area contributed by atoms with Crippen LogP contribution in [0, 0.1) is 0 Å². The number of rotatable bonds is 4. The van der Waals surface area contributed by atoms with Crippen molar-refractivity contribution in [1.29, 1.82) is 0 Å².